The summed E-state index contributed by atoms with van der Waals surface area (Å²) < 4.78 is 0. The Morgan fingerprint density at radius 1 is 1.69 bits per heavy atom. The summed E-state index contributed by atoms with van der Waals surface area (Å²) in [5.41, 5.74) is 0. The molecule has 86 valence electrons. The Morgan fingerprint density at radius 3 is 3.00 bits per heavy atom. The van der Waals surface area contributed by atoms with Gasteiger partial charge in [-0.05, 0) is 6.26 Å². The second-order valence-corrected chi connectivity index (χ2v) is 3.81. The van der Waals surface area contributed by atoms with Crippen LogP contribution >= 0.6 is 11.8 Å². The number of carboxylic acids is 1. The summed E-state index contributed by atoms with van der Waals surface area (Å²) in [5.74, 6) is -0.298. The van der Waals surface area contributed by atoms with Gasteiger partial charge >= 0.3 is 5.97 Å². The van der Waals surface area contributed by atoms with Crippen molar-refractivity contribution >= 4 is 23.5 Å². The van der Waals surface area contributed by atoms with E-state index >= 15 is 0 Å². The molecule has 1 heterocycles. The zero-order chi connectivity index (χ0) is 12.0. The largest absolute Gasteiger partial charge is 0.480 e. The molecule has 0 atom stereocenters. The third-order valence-electron chi connectivity index (χ3n) is 1.84. The van der Waals surface area contributed by atoms with Crippen LogP contribution < -0.4 is 4.90 Å². The van der Waals surface area contributed by atoms with E-state index in [4.69, 9.17) is 5.11 Å². The van der Waals surface area contributed by atoms with Gasteiger partial charge in [0.25, 0.3) is 0 Å². The van der Waals surface area contributed by atoms with Crippen LogP contribution in [-0.4, -0.2) is 40.4 Å². The van der Waals surface area contributed by atoms with E-state index < -0.39 is 5.97 Å². The molecular weight excluding hydrogens is 226 g/mol. The van der Waals surface area contributed by atoms with Crippen molar-refractivity contribution in [1.82, 2.24) is 9.97 Å². The van der Waals surface area contributed by atoms with Gasteiger partial charge in [0.05, 0.1) is 0 Å². The van der Waals surface area contributed by atoms with Gasteiger partial charge in [0.1, 0.15) is 23.7 Å². The minimum absolute atomic E-state index is 0.100. The quantitative estimate of drug-likeness (QED) is 0.458. The molecule has 6 heteroatoms. The van der Waals surface area contributed by atoms with Gasteiger partial charge in [-0.2, -0.15) is 0 Å². The van der Waals surface area contributed by atoms with Gasteiger partial charge in [-0.15, -0.1) is 18.3 Å². The molecule has 5 nitrogen and oxygen atoms in total. The number of aliphatic carboxylic acids is 1. The molecule has 0 spiro atoms. The minimum Gasteiger partial charge on any atom is -0.480 e. The maximum Gasteiger partial charge on any atom is 0.323 e. The molecular formula is C10H13N3O2S. The van der Waals surface area contributed by atoms with Crippen molar-refractivity contribution in [3.63, 3.8) is 0 Å². The van der Waals surface area contributed by atoms with Gasteiger partial charge in [0, 0.05) is 12.6 Å². The average molecular weight is 239 g/mol. The predicted molar refractivity (Wildman–Crippen MR) is 63.9 cm³/mol. The molecule has 0 aliphatic heterocycles. The standard InChI is InChI=1S/C10H13N3O2S/c1-3-4-13(6-10(14)15)8-5-9(16-2)12-7-11-8/h3,5,7H,1,4,6H2,2H3,(H,14,15). The lowest BCUT2D eigenvalue weighted by Crippen LogP contribution is -2.30. The van der Waals surface area contributed by atoms with E-state index in [9.17, 15) is 4.79 Å². The van der Waals surface area contributed by atoms with Crippen molar-refractivity contribution < 1.29 is 9.90 Å². The Balaban J connectivity index is 2.90. The number of hydrogen-bond donors (Lipinski definition) is 1. The second kappa shape index (κ2) is 6.12. The second-order valence-electron chi connectivity index (χ2n) is 2.98. The highest BCUT2D eigenvalue weighted by Crippen LogP contribution is 2.16. The van der Waals surface area contributed by atoms with Crippen LogP contribution in [0.5, 0.6) is 0 Å². The third kappa shape index (κ3) is 3.54. The molecule has 0 radical (unpaired) electrons. The van der Waals surface area contributed by atoms with Crippen molar-refractivity contribution in [2.24, 2.45) is 0 Å². The van der Waals surface area contributed by atoms with Gasteiger partial charge in [0.15, 0.2) is 0 Å². The average Bonchev–Trinajstić information content (AvgIpc) is 2.28. The number of thioether (sulfide) groups is 1. The summed E-state index contributed by atoms with van der Waals surface area (Å²) >= 11 is 1.49. The Hall–Kier alpha value is -1.56. The molecule has 0 aliphatic rings. The van der Waals surface area contributed by atoms with Gasteiger partial charge in [-0.3, -0.25) is 4.79 Å². The molecule has 0 saturated heterocycles. The molecule has 0 aliphatic carbocycles. The Kier molecular flexibility index (Phi) is 4.78. The third-order valence-corrected chi connectivity index (χ3v) is 2.48. The molecule has 1 rings (SSSR count). The van der Waals surface area contributed by atoms with E-state index in [2.05, 4.69) is 16.5 Å². The number of hydrogen-bond acceptors (Lipinski definition) is 5. The summed E-state index contributed by atoms with van der Waals surface area (Å²) in [6, 6.07) is 1.76. The van der Waals surface area contributed by atoms with Crippen LogP contribution in [0.2, 0.25) is 0 Å². The maximum absolute atomic E-state index is 10.7. The number of aromatic nitrogens is 2. The molecule has 1 aromatic heterocycles. The molecule has 0 aromatic carbocycles. The molecule has 0 fully saturated rings. The molecule has 0 amide bonds. The lowest BCUT2D eigenvalue weighted by molar-refractivity contribution is -0.135. The number of nitrogens with zero attached hydrogens (tertiary/aromatic N) is 3. The molecule has 1 aromatic rings. The molecule has 1 N–H and O–H groups in total. The van der Waals surface area contributed by atoms with Crippen molar-refractivity contribution in [1.29, 1.82) is 0 Å². The summed E-state index contributed by atoms with van der Waals surface area (Å²) in [5, 5.41) is 9.58. The van der Waals surface area contributed by atoms with Crippen molar-refractivity contribution in [2.45, 2.75) is 5.03 Å². The van der Waals surface area contributed by atoms with E-state index in [-0.39, 0.29) is 6.54 Å². The lowest BCUT2D eigenvalue weighted by atomic mass is 10.4. The summed E-state index contributed by atoms with van der Waals surface area (Å²) in [7, 11) is 0. The van der Waals surface area contributed by atoms with Crippen molar-refractivity contribution in [3.8, 4) is 0 Å². The summed E-state index contributed by atoms with van der Waals surface area (Å²) in [6.45, 7) is 3.93. The van der Waals surface area contributed by atoms with E-state index in [1.807, 2.05) is 6.26 Å². The van der Waals surface area contributed by atoms with Gasteiger partial charge < -0.3 is 10.0 Å². The fraction of sp³-hybridized carbons (Fsp3) is 0.300. The minimum atomic E-state index is -0.897. The molecule has 0 bridgehead atoms. The van der Waals surface area contributed by atoms with E-state index in [1.54, 1.807) is 17.0 Å². The first kappa shape index (κ1) is 12.5. The Labute approximate surface area is 98.2 Å². The van der Waals surface area contributed by atoms with E-state index in [0.717, 1.165) is 5.03 Å². The first-order chi connectivity index (χ1) is 7.67. The predicted octanol–water partition coefficient (Wildman–Crippen LogP) is 1.28. The molecule has 16 heavy (non-hydrogen) atoms. The number of anilines is 1. The number of carbonyl (C=O) groups is 1. The van der Waals surface area contributed by atoms with Gasteiger partial charge in [-0.25, -0.2) is 9.97 Å². The van der Waals surface area contributed by atoms with Crippen molar-refractivity contribution in [3.05, 3.63) is 25.0 Å². The molecule has 0 saturated carbocycles. The highest BCUT2D eigenvalue weighted by atomic mass is 32.2. The van der Waals surface area contributed by atoms with Crippen LogP contribution in [0.15, 0.2) is 30.1 Å². The molecule has 0 unspecified atom stereocenters. The van der Waals surface area contributed by atoms with Crippen LogP contribution in [0.4, 0.5) is 5.82 Å². The highest BCUT2D eigenvalue weighted by molar-refractivity contribution is 7.98. The van der Waals surface area contributed by atoms with Crippen molar-refractivity contribution in [2.75, 3.05) is 24.2 Å². The zero-order valence-electron chi connectivity index (χ0n) is 8.96. The fourth-order valence-corrected chi connectivity index (χ4v) is 1.55. The SMILES string of the molecule is C=CCN(CC(=O)O)c1cc(SC)ncn1. The smallest absolute Gasteiger partial charge is 0.323 e. The first-order valence-corrected chi connectivity index (χ1v) is 5.83. The van der Waals surface area contributed by atoms with E-state index in [0.29, 0.717) is 12.4 Å². The number of carboxylic acid groups (broad SMARTS) is 1. The van der Waals surface area contributed by atoms with E-state index in [1.165, 1.54) is 18.1 Å². The normalized spacial score (nSPS) is 9.81. The topological polar surface area (TPSA) is 66.3 Å². The summed E-state index contributed by atoms with van der Waals surface area (Å²) in [4.78, 5) is 20.4. The van der Waals surface area contributed by atoms with Crippen LogP contribution in [0.3, 0.4) is 0 Å². The van der Waals surface area contributed by atoms with Crippen LogP contribution in [0, 0.1) is 0 Å². The maximum atomic E-state index is 10.7. The van der Waals surface area contributed by atoms with Crippen LogP contribution in [0.25, 0.3) is 0 Å². The zero-order valence-corrected chi connectivity index (χ0v) is 9.78. The van der Waals surface area contributed by atoms with Crippen LogP contribution in [0.1, 0.15) is 0 Å². The first-order valence-electron chi connectivity index (χ1n) is 4.61. The lowest BCUT2D eigenvalue weighted by Gasteiger charge is -2.19. The Morgan fingerprint density at radius 2 is 2.44 bits per heavy atom. The monoisotopic (exact) mass is 239 g/mol. The fourth-order valence-electron chi connectivity index (χ4n) is 1.17. The summed E-state index contributed by atoms with van der Waals surface area (Å²) in [6.07, 6.45) is 4.98. The van der Waals surface area contributed by atoms with Crippen LogP contribution in [-0.2, 0) is 4.79 Å². The number of rotatable bonds is 6. The highest BCUT2D eigenvalue weighted by Gasteiger charge is 2.11. The van der Waals surface area contributed by atoms with Gasteiger partial charge in [0.2, 0.25) is 0 Å². The van der Waals surface area contributed by atoms with Gasteiger partial charge in [-0.1, -0.05) is 6.08 Å². The Bertz CT molecular complexity index is 384.